The first-order valence-corrected chi connectivity index (χ1v) is 9.53. The van der Waals surface area contributed by atoms with Crippen molar-refractivity contribution in [1.82, 2.24) is 15.0 Å². The van der Waals surface area contributed by atoms with Crippen molar-refractivity contribution in [3.05, 3.63) is 47.2 Å². The molecule has 0 spiro atoms. The summed E-state index contributed by atoms with van der Waals surface area (Å²) < 4.78 is 28.4. The van der Waals surface area contributed by atoms with Gasteiger partial charge in [-0.1, -0.05) is 11.6 Å². The molecule has 6 nitrogen and oxygen atoms in total. The van der Waals surface area contributed by atoms with Crippen LogP contribution in [0.1, 0.15) is 19.3 Å². The van der Waals surface area contributed by atoms with Crippen LogP contribution in [0.4, 0.5) is 14.6 Å². The Balaban J connectivity index is 1.82. The van der Waals surface area contributed by atoms with Crippen LogP contribution in [-0.2, 0) is 4.79 Å². The maximum absolute atomic E-state index is 14.5. The molecular weight excluding hydrogens is 402 g/mol. The molecule has 1 aromatic carbocycles. The minimum atomic E-state index is -0.842. The topological polar surface area (TPSA) is 79.2 Å². The van der Waals surface area contributed by atoms with E-state index < -0.39 is 17.6 Å². The monoisotopic (exact) mass is 418 g/mol. The molecule has 0 amide bonds. The number of benzene rings is 1. The van der Waals surface area contributed by atoms with Crippen LogP contribution in [0, 0.1) is 17.6 Å². The number of fused-ring (bicyclic) bond motifs is 1. The van der Waals surface area contributed by atoms with E-state index in [1.807, 2.05) is 4.90 Å². The van der Waals surface area contributed by atoms with Gasteiger partial charge in [0.25, 0.3) is 0 Å². The van der Waals surface area contributed by atoms with E-state index in [9.17, 15) is 13.6 Å². The first-order chi connectivity index (χ1) is 13.9. The van der Waals surface area contributed by atoms with Gasteiger partial charge in [-0.25, -0.2) is 18.7 Å². The zero-order chi connectivity index (χ0) is 20.5. The molecule has 1 aliphatic rings. The second-order valence-corrected chi connectivity index (χ2v) is 7.47. The molecule has 0 saturated carbocycles. The molecule has 0 bridgehead atoms. The third-order valence-electron chi connectivity index (χ3n) is 5.01. The molecular formula is C20H17ClF2N4O2. The fraction of sp³-hybridized carbons (Fsp3) is 0.300. The van der Waals surface area contributed by atoms with E-state index >= 15 is 0 Å². The number of carboxylic acids is 1. The highest BCUT2D eigenvalue weighted by atomic mass is 35.5. The Kier molecular flexibility index (Phi) is 5.27. The summed E-state index contributed by atoms with van der Waals surface area (Å²) in [4.78, 5) is 26.1. The molecule has 1 saturated heterocycles. The third-order valence-corrected chi connectivity index (χ3v) is 5.30. The SMILES string of the molecule is O=C(O)CC1CCCN(c2nc(-c3cc(F)c(Cl)cc3F)nc3ccncc23)C1. The van der Waals surface area contributed by atoms with E-state index in [0.717, 1.165) is 25.0 Å². The molecule has 1 aliphatic heterocycles. The van der Waals surface area contributed by atoms with Crippen LogP contribution in [0.3, 0.4) is 0 Å². The van der Waals surface area contributed by atoms with Crippen LogP contribution in [0.15, 0.2) is 30.6 Å². The molecule has 2 aromatic heterocycles. The van der Waals surface area contributed by atoms with Crippen molar-refractivity contribution < 1.29 is 18.7 Å². The van der Waals surface area contributed by atoms with E-state index in [2.05, 4.69) is 15.0 Å². The summed E-state index contributed by atoms with van der Waals surface area (Å²) in [5, 5.41) is 9.48. The molecule has 9 heteroatoms. The summed E-state index contributed by atoms with van der Waals surface area (Å²) in [6.07, 6.45) is 4.87. The molecule has 3 aromatic rings. The number of rotatable bonds is 4. The first kappa shape index (κ1) is 19.4. The largest absolute Gasteiger partial charge is 0.481 e. The molecule has 3 heterocycles. The van der Waals surface area contributed by atoms with Crippen molar-refractivity contribution in [3.63, 3.8) is 0 Å². The second kappa shape index (κ2) is 7.87. The molecule has 0 radical (unpaired) electrons. The number of anilines is 1. The lowest BCUT2D eigenvalue weighted by Crippen LogP contribution is -2.37. The maximum Gasteiger partial charge on any atom is 0.303 e. The highest BCUT2D eigenvalue weighted by Crippen LogP contribution is 2.32. The molecule has 150 valence electrons. The van der Waals surface area contributed by atoms with E-state index in [4.69, 9.17) is 16.7 Å². The minimum absolute atomic E-state index is 0.0175. The summed E-state index contributed by atoms with van der Waals surface area (Å²) in [5.41, 5.74) is 0.445. The van der Waals surface area contributed by atoms with E-state index in [-0.39, 0.29) is 28.7 Å². The van der Waals surface area contributed by atoms with Crippen molar-refractivity contribution in [2.45, 2.75) is 19.3 Å². The van der Waals surface area contributed by atoms with Crippen LogP contribution in [0.25, 0.3) is 22.3 Å². The zero-order valence-electron chi connectivity index (χ0n) is 15.3. The van der Waals surface area contributed by atoms with Gasteiger partial charge >= 0.3 is 5.97 Å². The number of halogens is 3. The Bertz CT molecular complexity index is 1100. The lowest BCUT2D eigenvalue weighted by Gasteiger charge is -2.33. The number of aliphatic carboxylic acids is 1. The van der Waals surface area contributed by atoms with Crippen molar-refractivity contribution in [3.8, 4) is 11.4 Å². The lowest BCUT2D eigenvalue weighted by molar-refractivity contribution is -0.138. The van der Waals surface area contributed by atoms with Crippen LogP contribution < -0.4 is 4.90 Å². The fourth-order valence-electron chi connectivity index (χ4n) is 3.68. The van der Waals surface area contributed by atoms with E-state index in [0.29, 0.717) is 29.8 Å². The molecule has 1 fully saturated rings. The van der Waals surface area contributed by atoms with Gasteiger partial charge in [0.05, 0.1) is 21.5 Å². The Morgan fingerprint density at radius 3 is 2.90 bits per heavy atom. The van der Waals surface area contributed by atoms with Gasteiger partial charge in [0.15, 0.2) is 5.82 Å². The number of pyridine rings is 1. The second-order valence-electron chi connectivity index (χ2n) is 7.06. The number of carbonyl (C=O) groups is 1. The smallest absolute Gasteiger partial charge is 0.303 e. The maximum atomic E-state index is 14.5. The summed E-state index contributed by atoms with van der Waals surface area (Å²) in [5.74, 6) is -1.78. The average molecular weight is 419 g/mol. The Hall–Kier alpha value is -2.87. The van der Waals surface area contributed by atoms with Gasteiger partial charge in [-0.05, 0) is 37.0 Å². The standard InChI is InChI=1S/C20H17ClF2N4O2/c21-14-8-15(22)12(7-16(14)23)19-25-17-3-4-24-9-13(17)20(26-19)27-5-1-2-11(10-27)6-18(28)29/h3-4,7-9,11H,1-2,5-6,10H2,(H,28,29). The van der Waals surface area contributed by atoms with Crippen LogP contribution >= 0.6 is 11.6 Å². The summed E-state index contributed by atoms with van der Waals surface area (Å²) >= 11 is 5.66. The highest BCUT2D eigenvalue weighted by Gasteiger charge is 2.25. The van der Waals surface area contributed by atoms with Gasteiger partial charge < -0.3 is 10.0 Å². The number of hydrogen-bond donors (Lipinski definition) is 1. The third kappa shape index (κ3) is 3.98. The Morgan fingerprint density at radius 1 is 1.28 bits per heavy atom. The van der Waals surface area contributed by atoms with Gasteiger partial charge in [-0.15, -0.1) is 0 Å². The molecule has 1 unspecified atom stereocenters. The summed E-state index contributed by atoms with van der Waals surface area (Å²) in [6.45, 7) is 1.18. The molecule has 4 rings (SSSR count). The predicted molar refractivity (Wildman–Crippen MR) is 105 cm³/mol. The first-order valence-electron chi connectivity index (χ1n) is 9.16. The number of hydrogen-bond acceptors (Lipinski definition) is 5. The zero-order valence-corrected chi connectivity index (χ0v) is 16.0. The Morgan fingerprint density at radius 2 is 2.10 bits per heavy atom. The highest BCUT2D eigenvalue weighted by molar-refractivity contribution is 6.30. The van der Waals surface area contributed by atoms with Crippen LogP contribution in [0.2, 0.25) is 5.02 Å². The number of piperidine rings is 1. The van der Waals surface area contributed by atoms with Gasteiger partial charge in [-0.2, -0.15) is 0 Å². The molecule has 0 aliphatic carbocycles. The molecule has 1 atom stereocenters. The van der Waals surface area contributed by atoms with Gasteiger partial charge in [0.1, 0.15) is 17.5 Å². The van der Waals surface area contributed by atoms with Gasteiger partial charge in [-0.3, -0.25) is 9.78 Å². The van der Waals surface area contributed by atoms with E-state index in [1.165, 1.54) is 0 Å². The van der Waals surface area contributed by atoms with E-state index in [1.54, 1.807) is 18.5 Å². The fourth-order valence-corrected chi connectivity index (χ4v) is 3.83. The lowest BCUT2D eigenvalue weighted by atomic mass is 9.94. The van der Waals surface area contributed by atoms with Gasteiger partial charge in [0.2, 0.25) is 0 Å². The predicted octanol–water partition coefficient (Wildman–Crippen LogP) is 4.31. The summed E-state index contributed by atoms with van der Waals surface area (Å²) in [6, 6.07) is 3.55. The molecule has 1 N–H and O–H groups in total. The van der Waals surface area contributed by atoms with Crippen LogP contribution in [0.5, 0.6) is 0 Å². The van der Waals surface area contributed by atoms with Crippen molar-refractivity contribution in [1.29, 1.82) is 0 Å². The number of aromatic nitrogens is 3. The molecule has 29 heavy (non-hydrogen) atoms. The van der Waals surface area contributed by atoms with Gasteiger partial charge in [0, 0.05) is 31.9 Å². The van der Waals surface area contributed by atoms with Crippen molar-refractivity contribution >= 4 is 34.3 Å². The van der Waals surface area contributed by atoms with Crippen molar-refractivity contribution in [2.75, 3.05) is 18.0 Å². The average Bonchev–Trinajstić information content (AvgIpc) is 2.69. The number of nitrogens with zero attached hydrogens (tertiary/aromatic N) is 4. The Labute approximate surface area is 170 Å². The number of carboxylic acid groups (broad SMARTS) is 1. The quantitative estimate of drug-likeness (QED) is 0.636. The normalized spacial score (nSPS) is 16.9. The van der Waals surface area contributed by atoms with Crippen molar-refractivity contribution in [2.24, 2.45) is 5.92 Å². The summed E-state index contributed by atoms with van der Waals surface area (Å²) in [7, 11) is 0. The minimum Gasteiger partial charge on any atom is -0.481 e. The van der Waals surface area contributed by atoms with Crippen LogP contribution in [-0.4, -0.2) is 39.1 Å².